The molecule has 2 aromatic heterocycles. The smallest absolute Gasteiger partial charge is 0.202 e. The van der Waals surface area contributed by atoms with E-state index in [1.165, 1.54) is 22.7 Å². The van der Waals surface area contributed by atoms with E-state index >= 15 is 0 Å². The Balaban J connectivity index is 0.000000220. The molecule has 0 unspecified atom stereocenters. The summed E-state index contributed by atoms with van der Waals surface area (Å²) in [5.41, 5.74) is 13.0. The minimum absolute atomic E-state index is 0.00201. The molecule has 0 fully saturated rings. The summed E-state index contributed by atoms with van der Waals surface area (Å²) in [5, 5.41) is 11.5. The highest BCUT2D eigenvalue weighted by Gasteiger charge is 2.37. The number of aliphatic hydroxyl groups excluding tert-OH is 1. The molecule has 4 rings (SSSR count). The third kappa shape index (κ3) is 8.83. The molecule has 0 aliphatic heterocycles. The van der Waals surface area contributed by atoms with Gasteiger partial charge in [0.1, 0.15) is 11.5 Å². The van der Waals surface area contributed by atoms with Crippen molar-refractivity contribution in [3.05, 3.63) is 72.1 Å². The summed E-state index contributed by atoms with van der Waals surface area (Å²) in [7, 11) is -1.74. The lowest BCUT2D eigenvalue weighted by molar-refractivity contribution is 0.276. The molecule has 0 amide bonds. The van der Waals surface area contributed by atoms with Gasteiger partial charge in [-0.05, 0) is 53.5 Å². The Morgan fingerprint density at radius 2 is 1.32 bits per heavy atom. The van der Waals surface area contributed by atoms with Gasteiger partial charge < -0.3 is 30.5 Å². The van der Waals surface area contributed by atoms with Crippen molar-refractivity contribution in [1.82, 2.24) is 9.97 Å². The van der Waals surface area contributed by atoms with Crippen LogP contribution in [0.4, 0.5) is 10.3 Å². The van der Waals surface area contributed by atoms with E-state index in [4.69, 9.17) is 30.5 Å². The van der Waals surface area contributed by atoms with E-state index < -0.39 is 8.32 Å². The highest BCUT2D eigenvalue weighted by Crippen LogP contribution is 2.37. The molecule has 2 aromatic carbocycles. The number of thiazole rings is 2. The first-order chi connectivity index (χ1) is 17.4. The molecular formula is C26H34N4O4S2Si. The zero-order valence-electron chi connectivity index (χ0n) is 21.7. The first kappa shape index (κ1) is 28.6. The number of rotatable bonds is 8. The Labute approximate surface area is 227 Å². The van der Waals surface area contributed by atoms with Crippen LogP contribution in [0.1, 0.15) is 31.9 Å². The lowest BCUT2D eigenvalue weighted by Gasteiger charge is -2.36. The molecule has 0 saturated heterocycles. The molecular weight excluding hydrogens is 525 g/mol. The quantitative estimate of drug-likeness (QED) is 0.196. The van der Waals surface area contributed by atoms with Gasteiger partial charge >= 0.3 is 0 Å². The third-order valence-corrected chi connectivity index (χ3v) is 11.7. The van der Waals surface area contributed by atoms with Crippen LogP contribution in [-0.4, -0.2) is 23.4 Å². The monoisotopic (exact) mass is 558 g/mol. The number of nitrogens with two attached hydrogens (primary N) is 2. The van der Waals surface area contributed by atoms with Crippen LogP contribution in [0, 0.1) is 0 Å². The average Bonchev–Trinajstić information content (AvgIpc) is 3.45. The second-order valence-electron chi connectivity index (χ2n) is 9.74. The van der Waals surface area contributed by atoms with Gasteiger partial charge in [0.2, 0.25) is 10.1 Å². The summed E-state index contributed by atoms with van der Waals surface area (Å²) in [6.45, 7) is 11.9. The molecule has 0 radical (unpaired) electrons. The number of anilines is 2. The number of aliphatic hydroxyl groups is 1. The predicted octanol–water partition coefficient (Wildman–Crippen LogP) is 7.05. The molecule has 0 spiro atoms. The van der Waals surface area contributed by atoms with Crippen LogP contribution < -0.4 is 20.9 Å². The van der Waals surface area contributed by atoms with Gasteiger partial charge in [-0.2, -0.15) is 0 Å². The van der Waals surface area contributed by atoms with E-state index in [2.05, 4.69) is 49.9 Å². The van der Waals surface area contributed by atoms with Crippen LogP contribution in [0.25, 0.3) is 0 Å². The molecule has 0 atom stereocenters. The third-order valence-electron chi connectivity index (χ3n) is 5.83. The first-order valence-electron chi connectivity index (χ1n) is 11.7. The summed E-state index contributed by atoms with van der Waals surface area (Å²) in [5.74, 6) is 1.45. The minimum atomic E-state index is -1.74. The Morgan fingerprint density at radius 1 is 0.838 bits per heavy atom. The van der Waals surface area contributed by atoms with Gasteiger partial charge in [0.25, 0.3) is 0 Å². The van der Waals surface area contributed by atoms with E-state index in [1.807, 2.05) is 36.4 Å². The molecule has 11 heteroatoms. The fourth-order valence-corrected chi connectivity index (χ4v) is 4.83. The SMILES string of the molecule is CC(C)(C)[Si](C)(C)OCc1cccc(Oc2cnc(N)s2)c1.Nc1ncc(Oc2cccc(CO)c2)s1. The van der Waals surface area contributed by atoms with Gasteiger partial charge in [-0.1, -0.05) is 67.7 Å². The number of ether oxygens (including phenoxy) is 2. The number of nitrogen functional groups attached to an aromatic ring is 2. The van der Waals surface area contributed by atoms with Gasteiger partial charge in [-0.15, -0.1) is 0 Å². The average molecular weight is 559 g/mol. The lowest BCUT2D eigenvalue weighted by atomic mass is 10.2. The van der Waals surface area contributed by atoms with Crippen LogP contribution in [0.5, 0.6) is 21.6 Å². The number of nitrogens with zero attached hydrogens (tertiary/aromatic N) is 2. The van der Waals surface area contributed by atoms with Crippen molar-refractivity contribution in [1.29, 1.82) is 0 Å². The number of hydrogen-bond donors (Lipinski definition) is 3. The van der Waals surface area contributed by atoms with Crippen molar-refractivity contribution in [3.8, 4) is 21.6 Å². The van der Waals surface area contributed by atoms with Crippen LogP contribution in [-0.2, 0) is 17.6 Å². The van der Waals surface area contributed by atoms with Gasteiger partial charge in [0, 0.05) is 0 Å². The maximum Gasteiger partial charge on any atom is 0.202 e. The van der Waals surface area contributed by atoms with Crippen LogP contribution in [0.3, 0.4) is 0 Å². The Hall–Kier alpha value is -2.96. The number of hydrogen-bond acceptors (Lipinski definition) is 10. The predicted molar refractivity (Wildman–Crippen MR) is 154 cm³/mol. The normalized spacial score (nSPS) is 11.5. The zero-order chi connectivity index (χ0) is 27.1. The minimum Gasteiger partial charge on any atom is -0.445 e. The van der Waals surface area contributed by atoms with Gasteiger partial charge in [-0.25, -0.2) is 9.97 Å². The second-order valence-corrected chi connectivity index (χ2v) is 16.6. The maximum absolute atomic E-state index is 8.95. The van der Waals surface area contributed by atoms with Crippen molar-refractivity contribution in [2.75, 3.05) is 11.5 Å². The Morgan fingerprint density at radius 3 is 1.76 bits per heavy atom. The van der Waals surface area contributed by atoms with Crippen molar-refractivity contribution < 1.29 is 19.0 Å². The number of aromatic nitrogens is 2. The largest absolute Gasteiger partial charge is 0.445 e. The first-order valence-corrected chi connectivity index (χ1v) is 16.2. The molecule has 0 bridgehead atoms. The second kappa shape index (κ2) is 12.5. The fourth-order valence-electron chi connectivity index (χ4n) is 2.76. The van der Waals surface area contributed by atoms with Crippen LogP contribution in [0.15, 0.2) is 60.9 Å². The topological polar surface area (TPSA) is 126 Å². The maximum atomic E-state index is 8.95. The summed E-state index contributed by atoms with van der Waals surface area (Å²) in [6.07, 6.45) is 3.21. The van der Waals surface area contributed by atoms with Crippen molar-refractivity contribution in [3.63, 3.8) is 0 Å². The summed E-state index contributed by atoms with van der Waals surface area (Å²) in [6, 6.07) is 15.2. The highest BCUT2D eigenvalue weighted by molar-refractivity contribution is 7.17. The van der Waals surface area contributed by atoms with Crippen molar-refractivity contribution in [2.24, 2.45) is 0 Å². The summed E-state index contributed by atoms with van der Waals surface area (Å²) < 4.78 is 17.5. The van der Waals surface area contributed by atoms with Gasteiger partial charge in [-0.3, -0.25) is 0 Å². The van der Waals surface area contributed by atoms with E-state index in [1.54, 1.807) is 18.5 Å². The van der Waals surface area contributed by atoms with E-state index in [9.17, 15) is 0 Å². The molecule has 0 saturated carbocycles. The van der Waals surface area contributed by atoms with Crippen LogP contribution >= 0.6 is 22.7 Å². The molecule has 0 aliphatic carbocycles. The molecule has 0 aliphatic rings. The van der Waals surface area contributed by atoms with Crippen molar-refractivity contribution >= 4 is 41.3 Å². The molecule has 198 valence electrons. The van der Waals surface area contributed by atoms with E-state index in [-0.39, 0.29) is 11.6 Å². The summed E-state index contributed by atoms with van der Waals surface area (Å²) in [4.78, 5) is 7.86. The van der Waals surface area contributed by atoms with Gasteiger partial charge in [0.05, 0.1) is 25.6 Å². The molecule has 5 N–H and O–H groups in total. The standard InChI is InChI=1S/C16H24N2O2SSi.C10H10N2O2S/c1-16(2,3)22(4,5)19-11-12-7-6-8-13(9-12)20-14-10-18-15(17)21-14;11-10-12-5-9(15-10)14-8-3-1-2-7(4-8)6-13/h6-10H,11H2,1-5H3,(H2,17,18);1-5,13H,6H2,(H2,11,12). The molecule has 2 heterocycles. The van der Waals surface area contributed by atoms with Crippen molar-refractivity contribution in [2.45, 2.75) is 52.1 Å². The van der Waals surface area contributed by atoms with Gasteiger partial charge in [0.15, 0.2) is 18.6 Å². The molecule has 4 aromatic rings. The van der Waals surface area contributed by atoms with E-state index in [0.29, 0.717) is 32.7 Å². The summed E-state index contributed by atoms with van der Waals surface area (Å²) >= 11 is 2.61. The van der Waals surface area contributed by atoms with E-state index in [0.717, 1.165) is 16.9 Å². The Bertz CT molecular complexity index is 1290. The Kier molecular flexibility index (Phi) is 9.68. The lowest BCUT2D eigenvalue weighted by Crippen LogP contribution is -2.40. The molecule has 8 nitrogen and oxygen atoms in total. The number of benzene rings is 2. The highest BCUT2D eigenvalue weighted by atomic mass is 32.1. The van der Waals surface area contributed by atoms with Crippen LogP contribution in [0.2, 0.25) is 18.1 Å². The molecule has 37 heavy (non-hydrogen) atoms. The fraction of sp³-hybridized carbons (Fsp3) is 0.308. The zero-order valence-corrected chi connectivity index (χ0v) is 24.4.